The molecule has 2 rings (SSSR count). The van der Waals surface area contributed by atoms with Crippen molar-refractivity contribution in [1.82, 2.24) is 14.5 Å². The third kappa shape index (κ3) is 4.85. The highest BCUT2D eigenvalue weighted by Crippen LogP contribution is 2.25. The van der Waals surface area contributed by atoms with Crippen molar-refractivity contribution in [1.29, 1.82) is 0 Å². The molecule has 1 aliphatic heterocycles. The SMILES string of the molecule is CCN(CC)C(=O)NCCS(=O)(=O)N1CCc2cc(OC)ccc2C1. The van der Waals surface area contributed by atoms with E-state index in [4.69, 9.17) is 4.74 Å². The number of hydrogen-bond acceptors (Lipinski definition) is 4. The largest absolute Gasteiger partial charge is 0.497 e. The summed E-state index contributed by atoms with van der Waals surface area (Å²) in [6.07, 6.45) is 0.664. The van der Waals surface area contributed by atoms with Gasteiger partial charge in [-0.15, -0.1) is 0 Å². The van der Waals surface area contributed by atoms with Crippen LogP contribution in [0.5, 0.6) is 5.75 Å². The number of amides is 2. The molecule has 1 N–H and O–H groups in total. The number of rotatable bonds is 7. The molecule has 25 heavy (non-hydrogen) atoms. The van der Waals surface area contributed by atoms with E-state index in [0.29, 0.717) is 32.6 Å². The van der Waals surface area contributed by atoms with Crippen LogP contribution in [0.4, 0.5) is 4.79 Å². The fourth-order valence-electron chi connectivity index (χ4n) is 2.91. The van der Waals surface area contributed by atoms with Crippen molar-refractivity contribution in [3.05, 3.63) is 29.3 Å². The predicted molar refractivity (Wildman–Crippen MR) is 97.2 cm³/mol. The number of ether oxygens (including phenoxy) is 1. The van der Waals surface area contributed by atoms with Gasteiger partial charge in [0, 0.05) is 32.7 Å². The molecule has 0 saturated carbocycles. The zero-order valence-corrected chi connectivity index (χ0v) is 15.9. The van der Waals surface area contributed by atoms with Crippen molar-refractivity contribution in [3.63, 3.8) is 0 Å². The number of fused-ring (bicyclic) bond motifs is 1. The van der Waals surface area contributed by atoms with Crippen LogP contribution in [0.1, 0.15) is 25.0 Å². The first kappa shape index (κ1) is 19.5. The summed E-state index contributed by atoms with van der Waals surface area (Å²) in [5.41, 5.74) is 2.13. The molecular weight excluding hydrogens is 342 g/mol. The lowest BCUT2D eigenvalue weighted by Gasteiger charge is -2.28. The van der Waals surface area contributed by atoms with Gasteiger partial charge in [0.25, 0.3) is 0 Å². The molecule has 1 heterocycles. The molecule has 7 nitrogen and oxygen atoms in total. The average molecular weight is 369 g/mol. The number of urea groups is 1. The van der Waals surface area contributed by atoms with Crippen molar-refractivity contribution in [2.24, 2.45) is 0 Å². The van der Waals surface area contributed by atoms with E-state index < -0.39 is 10.0 Å². The third-order valence-corrected chi connectivity index (χ3v) is 6.29. The second kappa shape index (κ2) is 8.53. The predicted octanol–water partition coefficient (Wildman–Crippen LogP) is 1.43. The lowest BCUT2D eigenvalue weighted by Crippen LogP contribution is -2.44. The van der Waals surface area contributed by atoms with Crippen molar-refractivity contribution < 1.29 is 17.9 Å². The smallest absolute Gasteiger partial charge is 0.317 e. The Morgan fingerprint density at radius 3 is 2.64 bits per heavy atom. The van der Waals surface area contributed by atoms with Crippen LogP contribution in [0.25, 0.3) is 0 Å². The highest BCUT2D eigenvalue weighted by atomic mass is 32.2. The fourth-order valence-corrected chi connectivity index (χ4v) is 4.23. The molecule has 1 aromatic rings. The van der Waals surface area contributed by atoms with Gasteiger partial charge >= 0.3 is 6.03 Å². The van der Waals surface area contributed by atoms with Gasteiger partial charge in [0.1, 0.15) is 5.75 Å². The maximum Gasteiger partial charge on any atom is 0.317 e. The van der Waals surface area contributed by atoms with E-state index in [9.17, 15) is 13.2 Å². The van der Waals surface area contributed by atoms with Crippen LogP contribution < -0.4 is 10.1 Å². The van der Waals surface area contributed by atoms with Crippen LogP contribution in [-0.4, -0.2) is 62.7 Å². The molecule has 0 unspecified atom stereocenters. The highest BCUT2D eigenvalue weighted by Gasteiger charge is 2.26. The maximum absolute atomic E-state index is 12.5. The second-order valence-corrected chi connectivity index (χ2v) is 8.03. The Bertz CT molecular complexity index is 702. The average Bonchev–Trinajstić information content (AvgIpc) is 2.61. The summed E-state index contributed by atoms with van der Waals surface area (Å²) in [7, 11) is -1.79. The molecule has 1 aromatic carbocycles. The summed E-state index contributed by atoms with van der Waals surface area (Å²) < 4.78 is 31.8. The summed E-state index contributed by atoms with van der Waals surface area (Å²) in [6.45, 7) is 5.91. The standard InChI is InChI=1S/C17H27N3O4S/c1-4-19(5-2)17(21)18-9-11-25(22,23)20-10-8-14-12-16(24-3)7-6-15(14)13-20/h6-7,12H,4-5,8-11,13H2,1-3H3,(H,18,21). The van der Waals surface area contributed by atoms with Gasteiger partial charge in [-0.1, -0.05) is 6.07 Å². The number of methoxy groups -OCH3 is 1. The van der Waals surface area contributed by atoms with Gasteiger partial charge in [-0.25, -0.2) is 13.2 Å². The lowest BCUT2D eigenvalue weighted by atomic mass is 10.0. The van der Waals surface area contributed by atoms with E-state index in [2.05, 4.69) is 5.32 Å². The monoisotopic (exact) mass is 369 g/mol. The minimum Gasteiger partial charge on any atom is -0.497 e. The van der Waals surface area contributed by atoms with Crippen LogP contribution in [0.2, 0.25) is 0 Å². The van der Waals surface area contributed by atoms with Crippen molar-refractivity contribution >= 4 is 16.1 Å². The number of benzene rings is 1. The molecule has 2 amide bonds. The number of carbonyl (C=O) groups excluding carboxylic acids is 1. The van der Waals surface area contributed by atoms with Crippen LogP contribution >= 0.6 is 0 Å². The van der Waals surface area contributed by atoms with E-state index in [1.54, 1.807) is 12.0 Å². The summed E-state index contributed by atoms with van der Waals surface area (Å²) in [5.74, 6) is 0.695. The molecule has 140 valence electrons. The zero-order valence-electron chi connectivity index (χ0n) is 15.1. The lowest BCUT2D eigenvalue weighted by molar-refractivity contribution is 0.204. The van der Waals surface area contributed by atoms with Crippen LogP contribution in [0.3, 0.4) is 0 Å². The Balaban J connectivity index is 1.93. The minimum atomic E-state index is -3.41. The van der Waals surface area contributed by atoms with E-state index in [1.807, 2.05) is 32.0 Å². The van der Waals surface area contributed by atoms with Gasteiger partial charge in [0.05, 0.1) is 12.9 Å². The Morgan fingerprint density at radius 2 is 2.00 bits per heavy atom. The number of nitrogens with one attached hydrogen (secondary N) is 1. The Hall–Kier alpha value is -1.80. The Kier molecular flexibility index (Phi) is 6.66. The second-order valence-electron chi connectivity index (χ2n) is 5.94. The van der Waals surface area contributed by atoms with E-state index in [1.165, 1.54) is 4.31 Å². The molecule has 0 atom stereocenters. The van der Waals surface area contributed by atoms with Gasteiger partial charge in [-0.05, 0) is 43.5 Å². The number of sulfonamides is 1. The van der Waals surface area contributed by atoms with Gasteiger partial charge in [-0.3, -0.25) is 0 Å². The molecule has 1 aliphatic rings. The molecule has 0 fully saturated rings. The number of hydrogen-bond donors (Lipinski definition) is 1. The third-order valence-electron chi connectivity index (χ3n) is 4.47. The molecule has 0 saturated heterocycles. The Labute approximate surface area is 150 Å². The van der Waals surface area contributed by atoms with Crippen LogP contribution in [0.15, 0.2) is 18.2 Å². The summed E-state index contributed by atoms with van der Waals surface area (Å²) >= 11 is 0. The highest BCUT2D eigenvalue weighted by molar-refractivity contribution is 7.89. The van der Waals surface area contributed by atoms with Crippen LogP contribution in [0, 0.1) is 0 Å². The van der Waals surface area contributed by atoms with Crippen molar-refractivity contribution in [3.8, 4) is 5.75 Å². The van der Waals surface area contributed by atoms with E-state index in [0.717, 1.165) is 16.9 Å². The van der Waals surface area contributed by atoms with Crippen LogP contribution in [-0.2, 0) is 23.0 Å². The Morgan fingerprint density at radius 1 is 1.28 bits per heavy atom. The molecule has 0 radical (unpaired) electrons. The van der Waals surface area contributed by atoms with Gasteiger partial charge in [0.2, 0.25) is 10.0 Å². The van der Waals surface area contributed by atoms with Crippen molar-refractivity contribution in [2.75, 3.05) is 39.0 Å². The van der Waals surface area contributed by atoms with Gasteiger partial charge in [-0.2, -0.15) is 4.31 Å². The van der Waals surface area contributed by atoms with Gasteiger partial charge < -0.3 is 15.0 Å². The normalized spacial score (nSPS) is 14.7. The summed E-state index contributed by atoms with van der Waals surface area (Å²) in [5, 5.41) is 2.68. The summed E-state index contributed by atoms with van der Waals surface area (Å²) in [6, 6.07) is 5.50. The number of carbonyl (C=O) groups is 1. The molecule has 0 bridgehead atoms. The molecule has 0 aromatic heterocycles. The first-order valence-corrected chi connectivity index (χ1v) is 10.2. The molecule has 0 aliphatic carbocycles. The molecule has 8 heteroatoms. The summed E-state index contributed by atoms with van der Waals surface area (Å²) in [4.78, 5) is 13.5. The number of nitrogens with zero attached hydrogens (tertiary/aromatic N) is 2. The first-order valence-electron chi connectivity index (χ1n) is 8.57. The van der Waals surface area contributed by atoms with E-state index >= 15 is 0 Å². The van der Waals surface area contributed by atoms with E-state index in [-0.39, 0.29) is 18.3 Å². The van der Waals surface area contributed by atoms with Gasteiger partial charge in [0.15, 0.2) is 0 Å². The molecule has 0 spiro atoms. The topological polar surface area (TPSA) is 79.0 Å². The first-order chi connectivity index (χ1) is 11.9. The van der Waals surface area contributed by atoms with Crippen molar-refractivity contribution in [2.45, 2.75) is 26.8 Å². The quantitative estimate of drug-likeness (QED) is 0.789. The maximum atomic E-state index is 12.5. The molecular formula is C17H27N3O4S. The fraction of sp³-hybridized carbons (Fsp3) is 0.588. The zero-order chi connectivity index (χ0) is 18.4. The minimum absolute atomic E-state index is 0.0918.